The lowest BCUT2D eigenvalue weighted by molar-refractivity contribution is 0.0238. The average Bonchev–Trinajstić information content (AvgIpc) is 2.97. The zero-order chi connectivity index (χ0) is 14.8. The van der Waals surface area contributed by atoms with E-state index in [0.29, 0.717) is 31.9 Å². The van der Waals surface area contributed by atoms with Gasteiger partial charge in [-0.05, 0) is 23.7 Å². The lowest BCUT2D eigenvalue weighted by Crippen LogP contribution is -2.41. The number of aromatic hydroxyl groups is 1. The molecule has 3 N–H and O–H groups in total. The Balaban J connectivity index is 2.11. The maximum Gasteiger partial charge on any atom is 0.260 e. The number of rotatable bonds is 3. The number of nitrogens with one attached hydrogen (secondary N) is 2. The third-order valence-electron chi connectivity index (χ3n) is 3.46. The highest BCUT2D eigenvalue weighted by Crippen LogP contribution is 2.33. The van der Waals surface area contributed by atoms with Gasteiger partial charge in [0, 0.05) is 18.0 Å². The van der Waals surface area contributed by atoms with E-state index in [9.17, 15) is 9.90 Å². The van der Waals surface area contributed by atoms with Gasteiger partial charge in [0.1, 0.15) is 0 Å². The number of morpholine rings is 1. The van der Waals surface area contributed by atoms with Gasteiger partial charge in [0.05, 0.1) is 24.8 Å². The minimum absolute atomic E-state index is 0.119. The molecule has 2 aromatic heterocycles. The number of thiophene rings is 1. The summed E-state index contributed by atoms with van der Waals surface area (Å²) in [6, 6.07) is 3.60. The lowest BCUT2D eigenvalue weighted by atomic mass is 10.1. The van der Waals surface area contributed by atoms with Crippen molar-refractivity contribution in [1.82, 2.24) is 14.9 Å². The van der Waals surface area contributed by atoms with Crippen LogP contribution in [0.25, 0.3) is 0 Å². The summed E-state index contributed by atoms with van der Waals surface area (Å²) >= 11 is 6.44. The monoisotopic (exact) mass is 325 g/mol. The molecule has 0 saturated carbocycles. The van der Waals surface area contributed by atoms with Crippen LogP contribution in [0.5, 0.6) is 5.88 Å². The Bertz CT molecular complexity index is 717. The number of hydrogen-bond donors (Lipinski definition) is 3. The van der Waals surface area contributed by atoms with Gasteiger partial charge < -0.3 is 14.8 Å². The van der Waals surface area contributed by atoms with Crippen molar-refractivity contribution >= 4 is 23.6 Å². The molecule has 6 nitrogen and oxygen atoms in total. The van der Waals surface area contributed by atoms with Crippen LogP contribution >= 0.6 is 23.6 Å². The van der Waals surface area contributed by atoms with E-state index in [2.05, 4.69) is 14.9 Å². The van der Waals surface area contributed by atoms with Crippen LogP contribution in [0.4, 0.5) is 0 Å². The highest BCUT2D eigenvalue weighted by Gasteiger charge is 2.30. The maximum atomic E-state index is 12.3. The molecule has 1 aliphatic rings. The van der Waals surface area contributed by atoms with Crippen LogP contribution in [-0.4, -0.2) is 46.3 Å². The second-order valence-corrected chi connectivity index (χ2v) is 6.12. The Labute approximate surface area is 130 Å². The summed E-state index contributed by atoms with van der Waals surface area (Å²) in [5.74, 6) is -0.173. The first-order valence-corrected chi connectivity index (χ1v) is 7.86. The Morgan fingerprint density at radius 1 is 1.38 bits per heavy atom. The lowest BCUT2D eigenvalue weighted by Gasteiger charge is -2.33. The zero-order valence-electron chi connectivity index (χ0n) is 11.2. The van der Waals surface area contributed by atoms with Crippen LogP contribution in [0.3, 0.4) is 0 Å². The topological polar surface area (TPSA) is 81.3 Å². The molecule has 112 valence electrons. The van der Waals surface area contributed by atoms with E-state index >= 15 is 0 Å². The molecule has 0 spiro atoms. The Hall–Kier alpha value is -1.48. The molecule has 1 fully saturated rings. The molecule has 3 rings (SSSR count). The molecule has 0 aromatic carbocycles. The summed E-state index contributed by atoms with van der Waals surface area (Å²) in [6.07, 6.45) is 0. The van der Waals surface area contributed by atoms with Crippen molar-refractivity contribution in [2.45, 2.75) is 6.04 Å². The molecule has 1 unspecified atom stereocenters. The summed E-state index contributed by atoms with van der Waals surface area (Å²) in [7, 11) is 0. The van der Waals surface area contributed by atoms with Crippen LogP contribution in [0.2, 0.25) is 0 Å². The molecule has 8 heteroatoms. The first kappa shape index (κ1) is 14.5. The molecule has 1 saturated heterocycles. The summed E-state index contributed by atoms with van der Waals surface area (Å²) in [5.41, 5.74) is -0.0610. The normalized spacial score (nSPS) is 17.7. The smallest absolute Gasteiger partial charge is 0.260 e. The van der Waals surface area contributed by atoms with E-state index in [1.165, 1.54) is 0 Å². The van der Waals surface area contributed by atoms with Crippen molar-refractivity contribution in [3.05, 3.63) is 43.1 Å². The quantitative estimate of drug-likeness (QED) is 0.747. The van der Waals surface area contributed by atoms with E-state index in [1.807, 2.05) is 17.5 Å². The first-order chi connectivity index (χ1) is 10.2. The number of hydrogen-bond acceptors (Lipinski definition) is 6. The second-order valence-electron chi connectivity index (χ2n) is 4.74. The number of nitrogens with zero attached hydrogens (tertiary/aromatic N) is 1. The van der Waals surface area contributed by atoms with Gasteiger partial charge in [-0.15, -0.1) is 11.3 Å². The maximum absolute atomic E-state index is 12.3. The van der Waals surface area contributed by atoms with Gasteiger partial charge in [-0.2, -0.15) is 0 Å². The summed E-state index contributed by atoms with van der Waals surface area (Å²) in [5, 5.41) is 12.1. The van der Waals surface area contributed by atoms with Crippen LogP contribution in [-0.2, 0) is 4.74 Å². The number of ether oxygens (including phenoxy) is 1. The Kier molecular flexibility index (Phi) is 4.20. The highest BCUT2D eigenvalue weighted by molar-refractivity contribution is 7.71. The SMILES string of the molecule is O=c1[nH]c(=S)[nH]c(O)c1C(c1cccs1)N1CCOCC1. The minimum Gasteiger partial charge on any atom is -0.494 e. The van der Waals surface area contributed by atoms with E-state index in [4.69, 9.17) is 17.0 Å². The average molecular weight is 325 g/mol. The fourth-order valence-electron chi connectivity index (χ4n) is 2.53. The third kappa shape index (κ3) is 2.93. The van der Waals surface area contributed by atoms with Crippen molar-refractivity contribution in [1.29, 1.82) is 0 Å². The van der Waals surface area contributed by atoms with Crippen molar-refractivity contribution in [2.75, 3.05) is 26.3 Å². The van der Waals surface area contributed by atoms with Crippen LogP contribution in [0.15, 0.2) is 22.3 Å². The third-order valence-corrected chi connectivity index (χ3v) is 4.58. The van der Waals surface area contributed by atoms with Gasteiger partial charge >= 0.3 is 0 Å². The molecule has 0 radical (unpaired) electrons. The predicted octanol–water partition coefficient (Wildman–Crippen LogP) is 1.62. The Morgan fingerprint density at radius 3 is 2.76 bits per heavy atom. The minimum atomic E-state index is -0.360. The van der Waals surface area contributed by atoms with Gasteiger partial charge in [-0.25, -0.2) is 0 Å². The molecule has 1 atom stereocenters. The highest BCUT2D eigenvalue weighted by atomic mass is 32.1. The van der Waals surface area contributed by atoms with Gasteiger partial charge in [0.25, 0.3) is 5.56 Å². The first-order valence-electron chi connectivity index (χ1n) is 6.57. The predicted molar refractivity (Wildman–Crippen MR) is 82.5 cm³/mol. The van der Waals surface area contributed by atoms with Crippen LogP contribution in [0, 0.1) is 4.77 Å². The second kappa shape index (κ2) is 6.10. The largest absolute Gasteiger partial charge is 0.494 e. The molecule has 21 heavy (non-hydrogen) atoms. The molecule has 2 aromatic rings. The van der Waals surface area contributed by atoms with Gasteiger partial charge in [-0.3, -0.25) is 14.7 Å². The van der Waals surface area contributed by atoms with E-state index in [-0.39, 0.29) is 22.3 Å². The Morgan fingerprint density at radius 2 is 2.14 bits per heavy atom. The van der Waals surface area contributed by atoms with E-state index in [1.54, 1.807) is 11.3 Å². The number of H-pyrrole nitrogens is 2. The van der Waals surface area contributed by atoms with Crippen molar-refractivity contribution in [3.63, 3.8) is 0 Å². The van der Waals surface area contributed by atoms with E-state index < -0.39 is 0 Å². The fourth-order valence-corrected chi connectivity index (χ4v) is 3.58. The summed E-state index contributed by atoms with van der Waals surface area (Å²) in [6.45, 7) is 2.64. The van der Waals surface area contributed by atoms with Gasteiger partial charge in [0.2, 0.25) is 5.88 Å². The number of aromatic amines is 2. The molecular formula is C13H15N3O3S2. The summed E-state index contributed by atoms with van der Waals surface area (Å²) < 4.78 is 5.49. The fraction of sp³-hybridized carbons (Fsp3) is 0.385. The number of aromatic nitrogens is 2. The van der Waals surface area contributed by atoms with Crippen molar-refractivity contribution < 1.29 is 9.84 Å². The van der Waals surface area contributed by atoms with E-state index in [0.717, 1.165) is 4.88 Å². The molecule has 0 amide bonds. The summed E-state index contributed by atoms with van der Waals surface area (Å²) in [4.78, 5) is 20.6. The molecule has 1 aliphatic heterocycles. The van der Waals surface area contributed by atoms with Gasteiger partial charge in [-0.1, -0.05) is 6.07 Å². The zero-order valence-corrected chi connectivity index (χ0v) is 12.8. The van der Waals surface area contributed by atoms with Crippen molar-refractivity contribution in [3.8, 4) is 5.88 Å². The van der Waals surface area contributed by atoms with Crippen LogP contribution < -0.4 is 5.56 Å². The molecular weight excluding hydrogens is 310 g/mol. The van der Waals surface area contributed by atoms with Crippen LogP contribution in [0.1, 0.15) is 16.5 Å². The standard InChI is InChI=1S/C13H15N3O3S2/c17-11-9(12(18)15-13(20)14-11)10(8-2-1-7-21-8)16-3-5-19-6-4-16/h1-2,7,10H,3-6H2,(H3,14,15,17,18,20). The van der Waals surface area contributed by atoms with Crippen molar-refractivity contribution in [2.24, 2.45) is 0 Å². The molecule has 0 aliphatic carbocycles. The molecule has 0 bridgehead atoms. The molecule has 3 heterocycles. The van der Waals surface area contributed by atoms with Gasteiger partial charge in [0.15, 0.2) is 4.77 Å².